The van der Waals surface area contributed by atoms with Crippen LogP contribution in [0.25, 0.3) is 0 Å². The van der Waals surface area contributed by atoms with Gasteiger partial charge in [-0.15, -0.1) is 0 Å². The number of anilines is 2. The lowest BCUT2D eigenvalue weighted by atomic mass is 9.79. The van der Waals surface area contributed by atoms with Crippen LogP contribution >= 0.6 is 15.9 Å². The number of aliphatic hydroxyl groups excluding tert-OH is 1. The maximum absolute atomic E-state index is 12.3. The predicted molar refractivity (Wildman–Crippen MR) is 72.5 cm³/mol. The molecule has 1 aromatic rings. The normalized spacial score (nSPS) is 28.4. The molecule has 0 aromatic heterocycles. The zero-order valence-corrected chi connectivity index (χ0v) is 11.5. The molecule has 2 aliphatic rings. The molecule has 2 amide bonds. The van der Waals surface area contributed by atoms with E-state index in [-0.39, 0.29) is 24.8 Å². The zero-order chi connectivity index (χ0) is 13.8. The fourth-order valence-electron chi connectivity index (χ4n) is 2.77. The van der Waals surface area contributed by atoms with E-state index in [0.29, 0.717) is 21.4 Å². The summed E-state index contributed by atoms with van der Waals surface area (Å²) in [6.45, 7) is -0.188. The number of aliphatic hydroxyl groups is 1. The van der Waals surface area contributed by atoms with Gasteiger partial charge in [0.1, 0.15) is 0 Å². The number of carbonyl (C=O) groups is 2. The Hall–Kier alpha value is -1.60. The number of halogens is 1. The lowest BCUT2D eigenvalue weighted by Gasteiger charge is -2.18. The molecule has 0 aliphatic carbocycles. The number of amides is 2. The van der Waals surface area contributed by atoms with E-state index < -0.39 is 11.5 Å². The predicted octanol–water partition coefficient (Wildman–Crippen LogP) is 0.102. The number of nitrogens with one attached hydrogen (secondary N) is 2. The van der Waals surface area contributed by atoms with Gasteiger partial charge in [-0.2, -0.15) is 0 Å². The highest BCUT2D eigenvalue weighted by atomic mass is 79.9. The first-order chi connectivity index (χ1) is 9.00. The molecular formula is C12H12BrN3O3. The van der Waals surface area contributed by atoms with E-state index in [1.54, 1.807) is 12.1 Å². The summed E-state index contributed by atoms with van der Waals surface area (Å²) in [6.07, 6.45) is 0.248. The number of benzene rings is 1. The molecule has 1 aromatic carbocycles. The third-order valence-corrected chi connectivity index (χ3v) is 4.61. The van der Waals surface area contributed by atoms with Gasteiger partial charge in [0, 0.05) is 11.3 Å². The SMILES string of the molecule is Nc1ccc2c(c1Br)NC(=O)[C@@]21CC(CO)NC1=O. The van der Waals surface area contributed by atoms with Crippen molar-refractivity contribution < 1.29 is 14.7 Å². The molecule has 0 radical (unpaired) electrons. The number of hydrogen-bond donors (Lipinski definition) is 4. The molecule has 1 fully saturated rings. The number of rotatable bonds is 1. The van der Waals surface area contributed by atoms with E-state index in [0.717, 1.165) is 0 Å². The van der Waals surface area contributed by atoms with Crippen LogP contribution < -0.4 is 16.4 Å². The Labute approximate surface area is 117 Å². The minimum absolute atomic E-state index is 0.188. The maximum atomic E-state index is 12.3. The van der Waals surface area contributed by atoms with E-state index in [4.69, 9.17) is 5.73 Å². The molecule has 19 heavy (non-hydrogen) atoms. The number of carbonyl (C=O) groups excluding carboxylic acids is 2. The van der Waals surface area contributed by atoms with Crippen LogP contribution in [0, 0.1) is 0 Å². The number of fused-ring (bicyclic) bond motifs is 2. The van der Waals surface area contributed by atoms with Crippen molar-refractivity contribution in [1.29, 1.82) is 0 Å². The molecule has 1 spiro atoms. The minimum atomic E-state index is -1.25. The monoisotopic (exact) mass is 325 g/mol. The first kappa shape index (κ1) is 12.4. The Morgan fingerprint density at radius 3 is 2.79 bits per heavy atom. The molecule has 1 unspecified atom stereocenters. The van der Waals surface area contributed by atoms with Crippen molar-refractivity contribution in [2.45, 2.75) is 17.9 Å². The molecule has 7 heteroatoms. The second kappa shape index (κ2) is 3.94. The molecule has 0 bridgehead atoms. The van der Waals surface area contributed by atoms with E-state index in [1.807, 2.05) is 0 Å². The van der Waals surface area contributed by atoms with Gasteiger partial charge in [0.25, 0.3) is 0 Å². The molecule has 1 saturated heterocycles. The van der Waals surface area contributed by atoms with Crippen molar-refractivity contribution in [2.24, 2.45) is 0 Å². The van der Waals surface area contributed by atoms with Gasteiger partial charge in [-0.25, -0.2) is 0 Å². The molecule has 5 N–H and O–H groups in total. The standard InChI is InChI=1S/C12H12BrN3O3/c13-8-7(14)2-1-6-9(8)16-11(19)12(6)3-5(4-17)15-10(12)18/h1-2,5,17H,3-4,14H2,(H,15,18)(H,16,19)/t5?,12-/m0/s1. The average Bonchev–Trinajstić information content (AvgIpc) is 2.87. The second-order valence-corrected chi connectivity index (χ2v) is 5.60. The highest BCUT2D eigenvalue weighted by molar-refractivity contribution is 9.10. The van der Waals surface area contributed by atoms with Crippen molar-refractivity contribution in [3.63, 3.8) is 0 Å². The molecule has 2 aliphatic heterocycles. The van der Waals surface area contributed by atoms with Crippen LogP contribution in [-0.4, -0.2) is 29.6 Å². The molecular weight excluding hydrogens is 314 g/mol. The van der Waals surface area contributed by atoms with Crippen molar-refractivity contribution in [1.82, 2.24) is 5.32 Å². The fourth-order valence-corrected chi connectivity index (χ4v) is 3.22. The fraction of sp³-hybridized carbons (Fsp3) is 0.333. The van der Waals surface area contributed by atoms with E-state index in [9.17, 15) is 14.7 Å². The summed E-state index contributed by atoms with van der Waals surface area (Å²) >= 11 is 3.32. The van der Waals surface area contributed by atoms with Crippen LogP contribution in [0.2, 0.25) is 0 Å². The van der Waals surface area contributed by atoms with Crippen LogP contribution in [0.1, 0.15) is 12.0 Å². The van der Waals surface area contributed by atoms with Crippen LogP contribution in [-0.2, 0) is 15.0 Å². The van der Waals surface area contributed by atoms with E-state index in [1.165, 1.54) is 0 Å². The molecule has 3 rings (SSSR count). The largest absolute Gasteiger partial charge is 0.398 e. The van der Waals surface area contributed by atoms with E-state index >= 15 is 0 Å². The summed E-state index contributed by atoms with van der Waals surface area (Å²) < 4.78 is 0.579. The van der Waals surface area contributed by atoms with Crippen molar-refractivity contribution >= 4 is 39.1 Å². The highest BCUT2D eigenvalue weighted by Gasteiger charge is 2.58. The van der Waals surface area contributed by atoms with Crippen molar-refractivity contribution in [3.05, 3.63) is 22.2 Å². The summed E-state index contributed by atoms with van der Waals surface area (Å²) in [4.78, 5) is 24.5. The Balaban J connectivity index is 2.19. The van der Waals surface area contributed by atoms with Gasteiger partial charge in [0.2, 0.25) is 11.8 Å². The first-order valence-electron chi connectivity index (χ1n) is 5.82. The molecule has 2 heterocycles. The van der Waals surface area contributed by atoms with Crippen LogP contribution in [0.4, 0.5) is 11.4 Å². The Kier molecular flexibility index (Phi) is 2.58. The number of hydrogen-bond acceptors (Lipinski definition) is 4. The quantitative estimate of drug-likeness (QED) is 0.434. The minimum Gasteiger partial charge on any atom is -0.398 e. The lowest BCUT2D eigenvalue weighted by molar-refractivity contribution is -0.131. The summed E-state index contributed by atoms with van der Waals surface area (Å²) in [7, 11) is 0. The van der Waals surface area contributed by atoms with Gasteiger partial charge < -0.3 is 21.5 Å². The summed E-state index contributed by atoms with van der Waals surface area (Å²) in [6, 6.07) is 2.94. The Morgan fingerprint density at radius 1 is 1.42 bits per heavy atom. The average molecular weight is 326 g/mol. The summed E-state index contributed by atoms with van der Waals surface area (Å²) in [5.74, 6) is -0.748. The topological polar surface area (TPSA) is 104 Å². The molecule has 0 saturated carbocycles. The summed E-state index contributed by atoms with van der Waals surface area (Å²) in [5, 5.41) is 14.5. The van der Waals surface area contributed by atoms with Gasteiger partial charge in [-0.05, 0) is 28.4 Å². The number of nitrogens with two attached hydrogens (primary N) is 1. The third kappa shape index (κ3) is 1.45. The summed E-state index contributed by atoms with van der Waals surface area (Å²) in [5.41, 5.74) is 6.16. The third-order valence-electron chi connectivity index (χ3n) is 3.75. The molecule has 2 atom stereocenters. The maximum Gasteiger partial charge on any atom is 0.244 e. The smallest absolute Gasteiger partial charge is 0.244 e. The van der Waals surface area contributed by atoms with Gasteiger partial charge in [-0.3, -0.25) is 9.59 Å². The van der Waals surface area contributed by atoms with Gasteiger partial charge in [-0.1, -0.05) is 6.07 Å². The van der Waals surface area contributed by atoms with Gasteiger partial charge >= 0.3 is 0 Å². The van der Waals surface area contributed by atoms with Crippen molar-refractivity contribution in [2.75, 3.05) is 17.7 Å². The van der Waals surface area contributed by atoms with Crippen molar-refractivity contribution in [3.8, 4) is 0 Å². The Bertz CT molecular complexity index is 604. The van der Waals surface area contributed by atoms with Crippen LogP contribution in [0.5, 0.6) is 0 Å². The first-order valence-corrected chi connectivity index (χ1v) is 6.61. The number of nitrogen functional groups attached to an aromatic ring is 1. The lowest BCUT2D eigenvalue weighted by Crippen LogP contribution is -2.41. The van der Waals surface area contributed by atoms with Crippen LogP contribution in [0.15, 0.2) is 16.6 Å². The van der Waals surface area contributed by atoms with Gasteiger partial charge in [0.15, 0.2) is 5.41 Å². The zero-order valence-electron chi connectivity index (χ0n) is 9.87. The Morgan fingerprint density at radius 2 is 2.16 bits per heavy atom. The highest BCUT2D eigenvalue weighted by Crippen LogP contribution is 2.48. The van der Waals surface area contributed by atoms with Crippen LogP contribution in [0.3, 0.4) is 0 Å². The second-order valence-electron chi connectivity index (χ2n) is 4.81. The van der Waals surface area contributed by atoms with E-state index in [2.05, 4.69) is 26.6 Å². The molecule has 6 nitrogen and oxygen atoms in total. The van der Waals surface area contributed by atoms with Gasteiger partial charge in [0.05, 0.1) is 22.8 Å². The molecule has 100 valence electrons.